The summed E-state index contributed by atoms with van der Waals surface area (Å²) in [4.78, 5) is 16.4. The molecule has 0 bridgehead atoms. The number of halogens is 1. The van der Waals surface area contributed by atoms with Gasteiger partial charge < -0.3 is 15.1 Å². The highest BCUT2D eigenvalue weighted by Gasteiger charge is 2.20. The summed E-state index contributed by atoms with van der Waals surface area (Å²) in [6.07, 6.45) is 0. The third kappa shape index (κ3) is 5.17. The standard InChI is InChI=1S/C24H24ClN3O/c25-21-8-6-20(7-9-21)24(29)26-22-10-12-23(13-11-22)28-16-14-27(15-17-28)18-19-4-2-1-3-5-19/h1-13H,14-18H2,(H,26,29)/p+1. The van der Waals surface area contributed by atoms with Crippen molar-refractivity contribution in [2.24, 2.45) is 0 Å². The van der Waals surface area contributed by atoms with Crippen molar-refractivity contribution in [1.82, 2.24) is 0 Å². The van der Waals surface area contributed by atoms with Crippen LogP contribution >= 0.6 is 11.6 Å². The Bertz CT molecular complexity index is 934. The molecule has 1 aliphatic heterocycles. The van der Waals surface area contributed by atoms with Gasteiger partial charge in [-0.15, -0.1) is 0 Å². The van der Waals surface area contributed by atoms with Crippen LogP contribution in [0.1, 0.15) is 15.9 Å². The largest absolute Gasteiger partial charge is 0.360 e. The Morgan fingerprint density at radius 3 is 2.21 bits per heavy atom. The van der Waals surface area contributed by atoms with Gasteiger partial charge in [0.15, 0.2) is 0 Å². The van der Waals surface area contributed by atoms with Crippen molar-refractivity contribution in [2.45, 2.75) is 6.54 Å². The summed E-state index contributed by atoms with van der Waals surface area (Å²) in [5, 5.41) is 3.56. The Balaban J connectivity index is 1.30. The number of quaternary nitrogens is 1. The maximum absolute atomic E-state index is 12.3. The van der Waals surface area contributed by atoms with Crippen LogP contribution in [0.25, 0.3) is 0 Å². The first-order chi connectivity index (χ1) is 14.2. The molecule has 2 N–H and O–H groups in total. The lowest BCUT2D eigenvalue weighted by molar-refractivity contribution is -0.914. The van der Waals surface area contributed by atoms with E-state index in [-0.39, 0.29) is 5.91 Å². The van der Waals surface area contributed by atoms with E-state index in [1.54, 1.807) is 29.2 Å². The lowest BCUT2D eigenvalue weighted by Gasteiger charge is -2.33. The van der Waals surface area contributed by atoms with Crippen LogP contribution in [-0.4, -0.2) is 32.1 Å². The van der Waals surface area contributed by atoms with Crippen molar-refractivity contribution in [2.75, 3.05) is 36.4 Å². The molecule has 0 atom stereocenters. The zero-order valence-corrected chi connectivity index (χ0v) is 17.0. The van der Waals surface area contributed by atoms with Crippen LogP contribution < -0.4 is 15.1 Å². The quantitative estimate of drug-likeness (QED) is 0.680. The number of hydrogen-bond acceptors (Lipinski definition) is 2. The van der Waals surface area contributed by atoms with Crippen LogP contribution in [0.5, 0.6) is 0 Å². The van der Waals surface area contributed by atoms with E-state index in [1.165, 1.54) is 11.3 Å². The van der Waals surface area contributed by atoms with Gasteiger partial charge in [0.25, 0.3) is 5.91 Å². The molecule has 1 amide bonds. The molecule has 148 valence electrons. The Kier molecular flexibility index (Phi) is 6.13. The molecule has 1 saturated heterocycles. The average molecular weight is 407 g/mol. The Morgan fingerprint density at radius 2 is 1.55 bits per heavy atom. The van der Waals surface area contributed by atoms with E-state index in [9.17, 15) is 4.79 Å². The number of piperazine rings is 1. The normalized spacial score (nSPS) is 14.6. The first-order valence-corrected chi connectivity index (χ1v) is 10.3. The Hall–Kier alpha value is -2.82. The van der Waals surface area contributed by atoms with Gasteiger partial charge in [0.05, 0.1) is 26.2 Å². The van der Waals surface area contributed by atoms with Gasteiger partial charge in [-0.2, -0.15) is 0 Å². The third-order valence-corrected chi connectivity index (χ3v) is 5.62. The monoisotopic (exact) mass is 406 g/mol. The third-order valence-electron chi connectivity index (χ3n) is 5.36. The van der Waals surface area contributed by atoms with Crippen LogP contribution in [0.3, 0.4) is 0 Å². The predicted molar refractivity (Wildman–Crippen MR) is 119 cm³/mol. The molecule has 1 aliphatic rings. The lowest BCUT2D eigenvalue weighted by atomic mass is 10.2. The second-order valence-corrected chi connectivity index (χ2v) is 7.84. The molecule has 0 unspecified atom stereocenters. The van der Waals surface area contributed by atoms with Crippen molar-refractivity contribution in [1.29, 1.82) is 0 Å². The van der Waals surface area contributed by atoms with Crippen molar-refractivity contribution >= 4 is 28.9 Å². The van der Waals surface area contributed by atoms with Gasteiger partial charge in [-0.1, -0.05) is 41.9 Å². The van der Waals surface area contributed by atoms with E-state index in [0.717, 1.165) is 38.4 Å². The average Bonchev–Trinajstić information content (AvgIpc) is 2.76. The smallest absolute Gasteiger partial charge is 0.255 e. The Morgan fingerprint density at radius 1 is 0.897 bits per heavy atom. The fraction of sp³-hybridized carbons (Fsp3) is 0.208. The second-order valence-electron chi connectivity index (χ2n) is 7.41. The van der Waals surface area contributed by atoms with Gasteiger partial charge in [-0.05, 0) is 48.5 Å². The number of nitrogens with one attached hydrogen (secondary N) is 2. The molecule has 29 heavy (non-hydrogen) atoms. The molecule has 3 aromatic carbocycles. The number of carbonyl (C=O) groups excluding carboxylic acids is 1. The summed E-state index contributed by atoms with van der Waals surface area (Å²) in [5.41, 5.74) is 3.99. The van der Waals surface area contributed by atoms with Crippen molar-refractivity contribution in [3.63, 3.8) is 0 Å². The van der Waals surface area contributed by atoms with Gasteiger partial charge in [0.1, 0.15) is 6.54 Å². The van der Waals surface area contributed by atoms with Gasteiger partial charge in [-0.3, -0.25) is 4.79 Å². The van der Waals surface area contributed by atoms with Crippen LogP contribution in [-0.2, 0) is 6.54 Å². The van der Waals surface area contributed by atoms with Crippen LogP contribution in [0.15, 0.2) is 78.9 Å². The number of rotatable bonds is 5. The molecule has 0 radical (unpaired) electrons. The minimum absolute atomic E-state index is 0.132. The topological polar surface area (TPSA) is 36.8 Å². The molecule has 0 spiro atoms. The maximum Gasteiger partial charge on any atom is 0.255 e. The minimum atomic E-state index is -0.132. The summed E-state index contributed by atoms with van der Waals surface area (Å²) in [5.74, 6) is -0.132. The van der Waals surface area contributed by atoms with Crippen molar-refractivity contribution in [3.05, 3.63) is 95.0 Å². The highest BCUT2D eigenvalue weighted by atomic mass is 35.5. The summed E-state index contributed by atoms with van der Waals surface area (Å²) in [7, 11) is 0. The number of benzene rings is 3. The molecule has 0 saturated carbocycles. The predicted octanol–water partition coefficient (Wildman–Crippen LogP) is 3.50. The number of hydrogen-bond donors (Lipinski definition) is 2. The molecular formula is C24H25ClN3O+. The summed E-state index contributed by atoms with van der Waals surface area (Å²) < 4.78 is 0. The van der Waals surface area contributed by atoms with E-state index >= 15 is 0 Å². The number of nitrogens with zero attached hydrogens (tertiary/aromatic N) is 1. The molecule has 5 heteroatoms. The summed E-state index contributed by atoms with van der Waals surface area (Å²) in [6, 6.07) is 25.7. The highest BCUT2D eigenvalue weighted by molar-refractivity contribution is 6.30. The zero-order valence-electron chi connectivity index (χ0n) is 16.3. The van der Waals surface area contributed by atoms with E-state index in [1.807, 2.05) is 12.1 Å². The number of carbonyl (C=O) groups is 1. The first kappa shape index (κ1) is 19.5. The van der Waals surface area contributed by atoms with Gasteiger partial charge in [-0.25, -0.2) is 0 Å². The molecule has 4 rings (SSSR count). The summed E-state index contributed by atoms with van der Waals surface area (Å²) in [6.45, 7) is 5.43. The molecular weight excluding hydrogens is 382 g/mol. The van der Waals surface area contributed by atoms with E-state index in [2.05, 4.69) is 52.7 Å². The highest BCUT2D eigenvalue weighted by Crippen LogP contribution is 2.19. The molecule has 4 nitrogen and oxygen atoms in total. The minimum Gasteiger partial charge on any atom is -0.360 e. The zero-order chi connectivity index (χ0) is 20.1. The molecule has 1 heterocycles. The molecule has 3 aromatic rings. The van der Waals surface area contributed by atoms with Gasteiger partial charge in [0, 0.05) is 27.5 Å². The van der Waals surface area contributed by atoms with Crippen molar-refractivity contribution in [3.8, 4) is 0 Å². The molecule has 1 fully saturated rings. The Labute approximate surface area is 176 Å². The lowest BCUT2D eigenvalue weighted by Crippen LogP contribution is -3.13. The maximum atomic E-state index is 12.3. The second kappa shape index (κ2) is 9.12. The van der Waals surface area contributed by atoms with Crippen molar-refractivity contribution < 1.29 is 9.69 Å². The van der Waals surface area contributed by atoms with Gasteiger partial charge >= 0.3 is 0 Å². The van der Waals surface area contributed by atoms with E-state index < -0.39 is 0 Å². The molecule has 0 aliphatic carbocycles. The van der Waals surface area contributed by atoms with E-state index in [4.69, 9.17) is 11.6 Å². The van der Waals surface area contributed by atoms with Gasteiger partial charge in [0.2, 0.25) is 0 Å². The summed E-state index contributed by atoms with van der Waals surface area (Å²) >= 11 is 5.88. The molecule has 0 aromatic heterocycles. The fourth-order valence-electron chi connectivity index (χ4n) is 3.70. The van der Waals surface area contributed by atoms with Crippen LogP contribution in [0.2, 0.25) is 5.02 Å². The number of anilines is 2. The number of amides is 1. The first-order valence-electron chi connectivity index (χ1n) is 9.97. The van der Waals surface area contributed by atoms with E-state index in [0.29, 0.717) is 10.6 Å². The SMILES string of the molecule is O=C(Nc1ccc(N2CC[NH+](Cc3ccccc3)CC2)cc1)c1ccc(Cl)cc1. The van der Waals surface area contributed by atoms with Crippen LogP contribution in [0, 0.1) is 0 Å². The van der Waals surface area contributed by atoms with Crippen LogP contribution in [0.4, 0.5) is 11.4 Å². The fourth-order valence-corrected chi connectivity index (χ4v) is 3.83.